The van der Waals surface area contributed by atoms with E-state index in [-0.39, 0.29) is 11.3 Å². The van der Waals surface area contributed by atoms with Crippen LogP contribution in [0.5, 0.6) is 0 Å². The van der Waals surface area contributed by atoms with Crippen LogP contribution in [-0.2, 0) is 9.09 Å². The third kappa shape index (κ3) is 3.39. The molecule has 0 radical (unpaired) electrons. The van der Waals surface area contributed by atoms with Crippen molar-refractivity contribution in [1.29, 1.82) is 0 Å². The zero-order valence-corrected chi connectivity index (χ0v) is 9.16. The average molecular weight is 246 g/mol. The van der Waals surface area contributed by atoms with Crippen LogP contribution in [0, 0.1) is 10.1 Å². The van der Waals surface area contributed by atoms with Crippen molar-refractivity contribution in [2.45, 2.75) is 13.0 Å². The van der Waals surface area contributed by atoms with Crippen LogP contribution in [0.15, 0.2) is 24.3 Å². The molecule has 0 heterocycles. The van der Waals surface area contributed by atoms with E-state index in [0.29, 0.717) is 0 Å². The van der Waals surface area contributed by atoms with Crippen LogP contribution in [0.2, 0.25) is 0 Å². The summed E-state index contributed by atoms with van der Waals surface area (Å²) in [5.41, 5.74) is -0.180. The second-order valence-corrected chi connectivity index (χ2v) is 4.18. The summed E-state index contributed by atoms with van der Waals surface area (Å²) in [5, 5.41) is 10.6. The van der Waals surface area contributed by atoms with E-state index in [9.17, 15) is 19.6 Å². The zero-order valence-electron chi connectivity index (χ0n) is 8.27. The largest absolute Gasteiger partial charge is 0.756 e. The number of para-hydroxylation sites is 1. The summed E-state index contributed by atoms with van der Waals surface area (Å²) in [5.74, 6) is 0. The molecule has 1 rings (SSSR count). The van der Waals surface area contributed by atoms with Crippen LogP contribution in [0.1, 0.15) is 18.6 Å². The lowest BCUT2D eigenvalue weighted by Crippen LogP contribution is -2.08. The van der Waals surface area contributed by atoms with E-state index in [1.807, 2.05) is 0 Å². The molecule has 0 spiro atoms. The van der Waals surface area contributed by atoms with E-state index in [4.69, 9.17) is 4.89 Å². The molecule has 16 heavy (non-hydrogen) atoms. The van der Waals surface area contributed by atoms with Gasteiger partial charge in [0.25, 0.3) is 13.5 Å². The van der Waals surface area contributed by atoms with Gasteiger partial charge in [0.1, 0.15) is 0 Å². The summed E-state index contributed by atoms with van der Waals surface area (Å²) in [4.78, 5) is 29.0. The summed E-state index contributed by atoms with van der Waals surface area (Å²) < 4.78 is 14.8. The molecule has 8 heteroatoms. The normalized spacial score (nSPS) is 16.4. The number of nitrogens with zero attached hydrogens (tertiary/aromatic N) is 1. The smallest absolute Gasteiger partial charge is 0.275 e. The molecule has 0 amide bonds. The third-order valence-corrected chi connectivity index (χ3v) is 2.45. The topological polar surface area (TPSA) is 113 Å². The Morgan fingerprint density at radius 3 is 2.56 bits per heavy atom. The number of benzene rings is 1. The van der Waals surface area contributed by atoms with Gasteiger partial charge in [0.2, 0.25) is 0 Å². The molecule has 0 aliphatic carbocycles. The lowest BCUT2D eigenvalue weighted by molar-refractivity contribution is -0.386. The van der Waals surface area contributed by atoms with Gasteiger partial charge >= 0.3 is 0 Å². The minimum atomic E-state index is -4.91. The number of hydrogen-bond donors (Lipinski definition) is 1. The first-order chi connectivity index (χ1) is 7.31. The molecule has 0 aromatic heterocycles. The molecule has 0 fully saturated rings. The van der Waals surface area contributed by atoms with E-state index in [1.54, 1.807) is 0 Å². The maximum atomic E-state index is 10.6. The van der Waals surface area contributed by atoms with Crippen molar-refractivity contribution >= 4 is 13.5 Å². The number of hydrogen-bond acceptors (Lipinski definition) is 5. The molecule has 7 nitrogen and oxygen atoms in total. The van der Waals surface area contributed by atoms with Gasteiger partial charge in [0.05, 0.1) is 16.6 Å². The Kier molecular flexibility index (Phi) is 3.77. The van der Waals surface area contributed by atoms with Crippen molar-refractivity contribution in [1.82, 2.24) is 0 Å². The van der Waals surface area contributed by atoms with Crippen LogP contribution in [-0.4, -0.2) is 9.82 Å². The lowest BCUT2D eigenvalue weighted by atomic mass is 10.1. The van der Waals surface area contributed by atoms with Crippen molar-refractivity contribution in [3.8, 4) is 0 Å². The van der Waals surface area contributed by atoms with Crippen LogP contribution in [0.4, 0.5) is 5.69 Å². The minimum absolute atomic E-state index is 0.0811. The fraction of sp³-hybridized carbons (Fsp3) is 0.250. The summed E-state index contributed by atoms with van der Waals surface area (Å²) in [7, 11) is -4.91. The van der Waals surface area contributed by atoms with Crippen LogP contribution >= 0.6 is 7.82 Å². The third-order valence-electron chi connectivity index (χ3n) is 1.86. The molecule has 0 saturated carbocycles. The van der Waals surface area contributed by atoms with Gasteiger partial charge in [-0.2, -0.15) is 0 Å². The molecular formula is C8H9NO6P-. The zero-order chi connectivity index (χ0) is 12.3. The van der Waals surface area contributed by atoms with Crippen LogP contribution in [0.3, 0.4) is 0 Å². The molecule has 1 N–H and O–H groups in total. The Hall–Kier alpha value is -1.27. The van der Waals surface area contributed by atoms with Gasteiger partial charge in [-0.1, -0.05) is 12.1 Å². The number of phosphoric acid groups is 1. The summed E-state index contributed by atoms with van der Waals surface area (Å²) in [6.45, 7) is 1.29. The molecule has 0 aliphatic rings. The van der Waals surface area contributed by atoms with Gasteiger partial charge in [-0.05, 0) is 13.0 Å². The standard InChI is InChI=1S/C8H10NO6P/c1-6(15-16(12,13)14)7-4-2-3-5-8(7)9(10)11/h2-6H,1H3,(H2,12,13,14)/p-1/t6-/m1/s1. The first kappa shape index (κ1) is 12.8. The molecule has 1 unspecified atom stereocenters. The van der Waals surface area contributed by atoms with Gasteiger partial charge in [-0.15, -0.1) is 0 Å². The van der Waals surface area contributed by atoms with E-state index in [0.717, 1.165) is 0 Å². The molecule has 1 aromatic rings. The maximum absolute atomic E-state index is 10.6. The second-order valence-electron chi connectivity index (χ2n) is 3.03. The highest BCUT2D eigenvalue weighted by atomic mass is 31.2. The lowest BCUT2D eigenvalue weighted by Gasteiger charge is -2.21. The Labute approximate surface area is 91.1 Å². The van der Waals surface area contributed by atoms with Gasteiger partial charge in [0.15, 0.2) is 0 Å². The average Bonchev–Trinajstić information content (AvgIpc) is 2.15. The minimum Gasteiger partial charge on any atom is -0.756 e. The molecule has 0 saturated heterocycles. The Morgan fingerprint density at radius 2 is 2.06 bits per heavy atom. The molecule has 0 bridgehead atoms. The van der Waals surface area contributed by atoms with E-state index >= 15 is 0 Å². The van der Waals surface area contributed by atoms with Crippen LogP contribution < -0.4 is 4.89 Å². The molecule has 1 aromatic carbocycles. The Morgan fingerprint density at radius 1 is 1.50 bits per heavy atom. The molecular weight excluding hydrogens is 237 g/mol. The predicted octanol–water partition coefficient (Wildman–Crippen LogP) is 1.13. The van der Waals surface area contributed by atoms with Crippen LogP contribution in [0.25, 0.3) is 0 Å². The Bertz CT molecular complexity index is 442. The summed E-state index contributed by atoms with van der Waals surface area (Å²) >= 11 is 0. The monoisotopic (exact) mass is 246 g/mol. The number of nitro benzene ring substituents is 1. The van der Waals surface area contributed by atoms with Gasteiger partial charge in [0, 0.05) is 6.07 Å². The quantitative estimate of drug-likeness (QED) is 0.484. The van der Waals surface area contributed by atoms with Gasteiger partial charge in [-0.25, -0.2) is 0 Å². The summed E-state index contributed by atoms with van der Waals surface area (Å²) in [6.07, 6.45) is -1.12. The first-order valence-electron chi connectivity index (χ1n) is 4.27. The second kappa shape index (κ2) is 4.71. The molecule has 88 valence electrons. The van der Waals surface area contributed by atoms with Crippen molar-refractivity contribution < 1.29 is 23.8 Å². The molecule has 0 aliphatic heterocycles. The van der Waals surface area contributed by atoms with Gasteiger partial charge in [-0.3, -0.25) is 14.7 Å². The van der Waals surface area contributed by atoms with Crippen molar-refractivity contribution in [2.75, 3.05) is 0 Å². The highest BCUT2D eigenvalue weighted by Crippen LogP contribution is 2.40. The first-order valence-corrected chi connectivity index (χ1v) is 5.76. The SMILES string of the molecule is C[C@@H](OP(=O)([O-])O)c1ccccc1[N+](=O)[O-]. The van der Waals surface area contributed by atoms with Crippen molar-refractivity contribution in [3.63, 3.8) is 0 Å². The fourth-order valence-electron chi connectivity index (χ4n) is 1.25. The van der Waals surface area contributed by atoms with Gasteiger partial charge < -0.3 is 14.3 Å². The molecule has 2 atom stereocenters. The maximum Gasteiger partial charge on any atom is 0.275 e. The Balaban J connectivity index is 3.04. The van der Waals surface area contributed by atoms with Crippen molar-refractivity contribution in [3.05, 3.63) is 39.9 Å². The van der Waals surface area contributed by atoms with E-state index in [2.05, 4.69) is 4.52 Å². The highest BCUT2D eigenvalue weighted by molar-refractivity contribution is 7.44. The number of rotatable bonds is 4. The highest BCUT2D eigenvalue weighted by Gasteiger charge is 2.21. The predicted molar refractivity (Wildman–Crippen MR) is 52.4 cm³/mol. The van der Waals surface area contributed by atoms with Crippen molar-refractivity contribution in [2.24, 2.45) is 0 Å². The number of nitro groups is 1. The number of phosphoric ester groups is 1. The van der Waals surface area contributed by atoms with E-state index in [1.165, 1.54) is 31.2 Å². The fourth-order valence-corrected chi connectivity index (χ4v) is 1.77. The van der Waals surface area contributed by atoms with E-state index < -0.39 is 18.8 Å². The summed E-state index contributed by atoms with van der Waals surface area (Å²) in [6, 6.07) is 5.54.